The van der Waals surface area contributed by atoms with E-state index in [1.807, 2.05) is 18.2 Å². The maximum atomic E-state index is 5.41. The summed E-state index contributed by atoms with van der Waals surface area (Å²) in [4.78, 5) is 0. The van der Waals surface area contributed by atoms with Gasteiger partial charge in [0, 0.05) is 12.1 Å². The smallest absolute Gasteiger partial charge is 0.160 e. The summed E-state index contributed by atoms with van der Waals surface area (Å²) in [7, 11) is 5.06. The van der Waals surface area contributed by atoms with Crippen LogP contribution < -0.4 is 19.5 Å². The summed E-state index contributed by atoms with van der Waals surface area (Å²) in [5, 5.41) is 3.80. The molecule has 0 aromatic heterocycles. The first-order valence-electron chi connectivity index (χ1n) is 9.31. The SMILES string of the molecule is COc1ccc(CC[C@H]2CC[C@H](Cc3ccc(OC)c(OC)c3)N2)cc1.Cl. The van der Waals surface area contributed by atoms with Crippen molar-refractivity contribution < 1.29 is 14.2 Å². The van der Waals surface area contributed by atoms with E-state index in [1.54, 1.807) is 21.3 Å². The van der Waals surface area contributed by atoms with Crippen molar-refractivity contribution in [3.63, 3.8) is 0 Å². The first-order chi connectivity index (χ1) is 12.7. The van der Waals surface area contributed by atoms with Crippen LogP contribution in [0.25, 0.3) is 0 Å². The number of aryl methyl sites for hydroxylation is 1. The summed E-state index contributed by atoms with van der Waals surface area (Å²) < 4.78 is 16.0. The molecule has 2 aromatic carbocycles. The third-order valence-electron chi connectivity index (χ3n) is 5.21. The molecule has 5 heteroatoms. The molecule has 3 rings (SSSR count). The van der Waals surface area contributed by atoms with Gasteiger partial charge >= 0.3 is 0 Å². The van der Waals surface area contributed by atoms with Crippen molar-refractivity contribution in [2.45, 2.75) is 44.2 Å². The zero-order chi connectivity index (χ0) is 18.4. The normalized spacial score (nSPS) is 18.6. The molecule has 0 unspecified atom stereocenters. The summed E-state index contributed by atoms with van der Waals surface area (Å²) in [6.07, 6.45) is 5.77. The Bertz CT molecular complexity index is 705. The van der Waals surface area contributed by atoms with E-state index < -0.39 is 0 Å². The van der Waals surface area contributed by atoms with Gasteiger partial charge in [-0.05, 0) is 67.5 Å². The average Bonchev–Trinajstić information content (AvgIpc) is 3.14. The van der Waals surface area contributed by atoms with Gasteiger partial charge in [-0.25, -0.2) is 0 Å². The van der Waals surface area contributed by atoms with Crippen LogP contribution >= 0.6 is 12.4 Å². The molecular weight excluding hydrogens is 362 g/mol. The minimum Gasteiger partial charge on any atom is -0.497 e. The minimum absolute atomic E-state index is 0. The topological polar surface area (TPSA) is 39.7 Å². The zero-order valence-corrected chi connectivity index (χ0v) is 17.2. The van der Waals surface area contributed by atoms with Gasteiger partial charge in [0.2, 0.25) is 0 Å². The van der Waals surface area contributed by atoms with Crippen molar-refractivity contribution in [1.29, 1.82) is 0 Å². The van der Waals surface area contributed by atoms with Gasteiger partial charge in [-0.1, -0.05) is 18.2 Å². The highest BCUT2D eigenvalue weighted by atomic mass is 35.5. The van der Waals surface area contributed by atoms with E-state index in [9.17, 15) is 0 Å². The van der Waals surface area contributed by atoms with Crippen molar-refractivity contribution in [2.24, 2.45) is 0 Å². The van der Waals surface area contributed by atoms with Crippen LogP contribution in [0.3, 0.4) is 0 Å². The van der Waals surface area contributed by atoms with Crippen LogP contribution in [0.5, 0.6) is 17.2 Å². The fourth-order valence-corrected chi connectivity index (χ4v) is 3.72. The molecule has 2 atom stereocenters. The van der Waals surface area contributed by atoms with E-state index in [0.717, 1.165) is 30.1 Å². The number of hydrogen-bond acceptors (Lipinski definition) is 4. The predicted octanol–water partition coefficient (Wildman–Crippen LogP) is 4.43. The van der Waals surface area contributed by atoms with E-state index in [-0.39, 0.29) is 12.4 Å². The Morgan fingerprint density at radius 1 is 0.815 bits per heavy atom. The first-order valence-corrected chi connectivity index (χ1v) is 9.31. The molecule has 4 nitrogen and oxygen atoms in total. The van der Waals surface area contributed by atoms with Crippen LogP contribution in [-0.2, 0) is 12.8 Å². The number of halogens is 1. The Kier molecular flexibility index (Phi) is 8.26. The second kappa shape index (κ2) is 10.4. The zero-order valence-electron chi connectivity index (χ0n) is 16.4. The Morgan fingerprint density at radius 3 is 2.15 bits per heavy atom. The number of ether oxygens (including phenoxy) is 3. The fourth-order valence-electron chi connectivity index (χ4n) is 3.72. The van der Waals surface area contributed by atoms with Gasteiger partial charge in [-0.15, -0.1) is 12.4 Å². The van der Waals surface area contributed by atoms with Crippen molar-refractivity contribution in [2.75, 3.05) is 21.3 Å². The van der Waals surface area contributed by atoms with E-state index in [1.165, 1.54) is 30.4 Å². The highest BCUT2D eigenvalue weighted by Gasteiger charge is 2.23. The third kappa shape index (κ3) is 5.78. The van der Waals surface area contributed by atoms with Gasteiger partial charge < -0.3 is 19.5 Å². The molecule has 0 radical (unpaired) electrons. The predicted molar refractivity (Wildman–Crippen MR) is 112 cm³/mol. The molecule has 0 bridgehead atoms. The summed E-state index contributed by atoms with van der Waals surface area (Å²) in [5.41, 5.74) is 2.66. The molecule has 0 aliphatic carbocycles. The molecule has 2 aromatic rings. The van der Waals surface area contributed by atoms with Crippen LogP contribution in [0.15, 0.2) is 42.5 Å². The standard InChI is InChI=1S/C22H29NO3.ClH/c1-24-20-11-5-16(6-12-20)4-8-18-9-10-19(23-18)14-17-7-13-21(25-2)22(15-17)26-3;/h5-7,11-13,15,18-19,23H,4,8-10,14H2,1-3H3;1H/t18-,19+;/m0./s1. The Balaban J connectivity index is 0.00000261. The van der Waals surface area contributed by atoms with Gasteiger partial charge in [0.25, 0.3) is 0 Å². The van der Waals surface area contributed by atoms with Crippen LogP contribution in [0.4, 0.5) is 0 Å². The average molecular weight is 392 g/mol. The number of nitrogens with one attached hydrogen (secondary N) is 1. The Morgan fingerprint density at radius 2 is 1.48 bits per heavy atom. The lowest BCUT2D eigenvalue weighted by Crippen LogP contribution is -2.31. The lowest BCUT2D eigenvalue weighted by molar-refractivity contribution is 0.354. The summed E-state index contributed by atoms with van der Waals surface area (Å²) in [6, 6.07) is 15.7. The van der Waals surface area contributed by atoms with Crippen LogP contribution in [0.1, 0.15) is 30.4 Å². The maximum absolute atomic E-state index is 5.41. The van der Waals surface area contributed by atoms with Gasteiger partial charge in [-0.3, -0.25) is 0 Å². The molecule has 1 N–H and O–H groups in total. The Hall–Kier alpha value is -1.91. The quantitative estimate of drug-likeness (QED) is 0.722. The molecule has 1 aliphatic rings. The summed E-state index contributed by atoms with van der Waals surface area (Å²) in [5.74, 6) is 2.51. The van der Waals surface area contributed by atoms with Gasteiger partial charge in [0.05, 0.1) is 21.3 Å². The minimum atomic E-state index is 0. The maximum Gasteiger partial charge on any atom is 0.160 e. The monoisotopic (exact) mass is 391 g/mol. The molecule has 1 saturated heterocycles. The van der Waals surface area contributed by atoms with E-state index in [0.29, 0.717) is 12.1 Å². The summed E-state index contributed by atoms with van der Waals surface area (Å²) >= 11 is 0. The molecule has 1 fully saturated rings. The van der Waals surface area contributed by atoms with Crippen LogP contribution in [-0.4, -0.2) is 33.4 Å². The van der Waals surface area contributed by atoms with Gasteiger partial charge in [-0.2, -0.15) is 0 Å². The van der Waals surface area contributed by atoms with Crippen molar-refractivity contribution in [3.8, 4) is 17.2 Å². The molecule has 1 heterocycles. The first kappa shape index (κ1) is 21.4. The highest BCUT2D eigenvalue weighted by Crippen LogP contribution is 2.29. The lowest BCUT2D eigenvalue weighted by Gasteiger charge is -2.16. The molecule has 148 valence electrons. The van der Waals surface area contributed by atoms with Gasteiger partial charge in [0.1, 0.15) is 5.75 Å². The highest BCUT2D eigenvalue weighted by molar-refractivity contribution is 5.85. The molecular formula is C22H30ClNO3. The van der Waals surface area contributed by atoms with E-state index >= 15 is 0 Å². The number of methoxy groups -OCH3 is 3. The number of rotatable bonds is 8. The van der Waals surface area contributed by atoms with Crippen molar-refractivity contribution in [1.82, 2.24) is 5.32 Å². The second-order valence-corrected chi connectivity index (χ2v) is 6.92. The molecule has 0 spiro atoms. The number of benzene rings is 2. The molecule has 0 saturated carbocycles. The molecule has 1 aliphatic heterocycles. The Labute approximate surface area is 168 Å². The van der Waals surface area contributed by atoms with Crippen molar-refractivity contribution in [3.05, 3.63) is 53.6 Å². The third-order valence-corrected chi connectivity index (χ3v) is 5.21. The van der Waals surface area contributed by atoms with E-state index in [2.05, 4.69) is 29.6 Å². The largest absolute Gasteiger partial charge is 0.497 e. The molecule has 27 heavy (non-hydrogen) atoms. The second-order valence-electron chi connectivity index (χ2n) is 6.92. The van der Waals surface area contributed by atoms with Crippen molar-refractivity contribution >= 4 is 12.4 Å². The molecule has 0 amide bonds. The van der Waals surface area contributed by atoms with Crippen LogP contribution in [0, 0.1) is 0 Å². The fraction of sp³-hybridized carbons (Fsp3) is 0.455. The number of hydrogen-bond donors (Lipinski definition) is 1. The lowest BCUT2D eigenvalue weighted by atomic mass is 10.0. The van der Waals surface area contributed by atoms with Crippen LogP contribution in [0.2, 0.25) is 0 Å². The van der Waals surface area contributed by atoms with E-state index in [4.69, 9.17) is 14.2 Å². The summed E-state index contributed by atoms with van der Waals surface area (Å²) in [6.45, 7) is 0. The van der Waals surface area contributed by atoms with Gasteiger partial charge in [0.15, 0.2) is 11.5 Å².